The molecule has 2 aliphatic rings. The van der Waals surface area contributed by atoms with Crippen LogP contribution in [0.25, 0.3) is 0 Å². The minimum atomic E-state index is -0.476. The molecule has 3 aromatic rings. The van der Waals surface area contributed by atoms with E-state index in [1.807, 2.05) is 30.3 Å². The minimum Gasteiger partial charge on any atom is -0.507 e. The van der Waals surface area contributed by atoms with Gasteiger partial charge in [0.25, 0.3) is 0 Å². The first kappa shape index (κ1) is 19.4. The van der Waals surface area contributed by atoms with Gasteiger partial charge in [0.2, 0.25) is 6.79 Å². The average Bonchev–Trinajstić information content (AvgIpc) is 3.26. The maximum absolute atomic E-state index is 13.9. The number of fused-ring (bicyclic) bond motifs is 1. The Morgan fingerprint density at radius 3 is 2.74 bits per heavy atom. The summed E-state index contributed by atoms with van der Waals surface area (Å²) < 4.78 is 30.0. The second-order valence-electron chi connectivity index (χ2n) is 7.45. The predicted molar refractivity (Wildman–Crippen MR) is 113 cm³/mol. The smallest absolute Gasteiger partial charge is 0.231 e. The number of rotatable bonds is 4. The van der Waals surface area contributed by atoms with Crippen LogP contribution in [0.3, 0.4) is 0 Å². The molecule has 158 valence electrons. The van der Waals surface area contributed by atoms with Gasteiger partial charge >= 0.3 is 0 Å². The molecular formula is C24H21FN2O4. The molecule has 0 saturated carbocycles. The van der Waals surface area contributed by atoms with E-state index in [2.05, 4.69) is 5.32 Å². The molecule has 3 aromatic carbocycles. The zero-order chi connectivity index (χ0) is 21.4. The summed E-state index contributed by atoms with van der Waals surface area (Å²) >= 11 is 0. The van der Waals surface area contributed by atoms with Crippen LogP contribution >= 0.6 is 0 Å². The molecule has 0 aliphatic carbocycles. The highest BCUT2D eigenvalue weighted by Crippen LogP contribution is 2.38. The lowest BCUT2D eigenvalue weighted by Crippen LogP contribution is -2.33. The summed E-state index contributed by atoms with van der Waals surface area (Å²) in [5.74, 6) is 1.74. The van der Waals surface area contributed by atoms with Crippen molar-refractivity contribution in [2.45, 2.75) is 18.6 Å². The highest BCUT2D eigenvalue weighted by molar-refractivity contribution is 6.02. The van der Waals surface area contributed by atoms with E-state index in [-0.39, 0.29) is 24.4 Å². The summed E-state index contributed by atoms with van der Waals surface area (Å²) in [5.41, 5.74) is 3.14. The Labute approximate surface area is 178 Å². The summed E-state index contributed by atoms with van der Waals surface area (Å²) in [6, 6.07) is 17.0. The van der Waals surface area contributed by atoms with E-state index < -0.39 is 6.17 Å². The highest BCUT2D eigenvalue weighted by atomic mass is 19.1. The third kappa shape index (κ3) is 3.80. The second kappa shape index (κ2) is 7.92. The second-order valence-corrected chi connectivity index (χ2v) is 7.45. The Bertz CT molecular complexity index is 1160. The van der Waals surface area contributed by atoms with Crippen molar-refractivity contribution in [3.63, 3.8) is 0 Å². The van der Waals surface area contributed by atoms with Gasteiger partial charge in [0.05, 0.1) is 7.11 Å². The summed E-state index contributed by atoms with van der Waals surface area (Å²) in [6.45, 7) is 0.196. The third-order valence-electron chi connectivity index (χ3n) is 5.52. The predicted octanol–water partition coefficient (Wildman–Crippen LogP) is 4.49. The van der Waals surface area contributed by atoms with E-state index >= 15 is 0 Å². The molecule has 6 nitrogen and oxygen atoms in total. The number of methoxy groups -OCH3 is 1. The van der Waals surface area contributed by atoms with Gasteiger partial charge < -0.3 is 19.3 Å². The number of aliphatic imine (C=N–C) groups is 1. The molecule has 0 bridgehead atoms. The van der Waals surface area contributed by atoms with Crippen molar-refractivity contribution in [3.05, 3.63) is 83.2 Å². The highest BCUT2D eigenvalue weighted by Gasteiger charge is 2.29. The fraction of sp³-hybridized carbons (Fsp3) is 0.208. The standard InChI is InChI=1S/C24H21FN2O4/c1-29-17-6-7-18(21(28)11-17)20-12-19(14-5-8-22-23(10-14)31-13-30-22)26-24(27-20)15-3-2-4-16(25)9-15/h2-11,20,24,27-28H,12-13H2,1H3. The normalized spacial score (nSPS) is 19.7. The maximum Gasteiger partial charge on any atom is 0.231 e. The monoisotopic (exact) mass is 420 g/mol. The number of benzene rings is 3. The molecule has 0 radical (unpaired) electrons. The molecular weight excluding hydrogens is 399 g/mol. The molecule has 2 unspecified atom stereocenters. The quantitative estimate of drug-likeness (QED) is 0.651. The molecule has 2 heterocycles. The number of phenolic OH excluding ortho intramolecular Hbond substituents is 1. The SMILES string of the molecule is COc1ccc(C2CC(c3ccc4c(c3)OCO4)=NC(c3cccc(F)c3)N2)c(O)c1. The van der Waals surface area contributed by atoms with Crippen LogP contribution in [0.5, 0.6) is 23.0 Å². The van der Waals surface area contributed by atoms with Gasteiger partial charge in [-0.25, -0.2) is 4.39 Å². The average molecular weight is 420 g/mol. The van der Waals surface area contributed by atoms with Crippen LogP contribution < -0.4 is 19.5 Å². The first-order valence-corrected chi connectivity index (χ1v) is 9.96. The van der Waals surface area contributed by atoms with E-state index in [1.54, 1.807) is 25.3 Å². The molecule has 2 aliphatic heterocycles. The van der Waals surface area contributed by atoms with Gasteiger partial charge in [-0.2, -0.15) is 0 Å². The number of hydrogen-bond acceptors (Lipinski definition) is 6. The summed E-state index contributed by atoms with van der Waals surface area (Å²) in [5, 5.41) is 14.0. The van der Waals surface area contributed by atoms with Crippen LogP contribution in [0, 0.1) is 5.82 Å². The van der Waals surface area contributed by atoms with Crippen LogP contribution in [0.2, 0.25) is 0 Å². The van der Waals surface area contributed by atoms with Crippen molar-refractivity contribution < 1.29 is 23.7 Å². The Morgan fingerprint density at radius 2 is 1.94 bits per heavy atom. The number of aromatic hydroxyl groups is 1. The lowest BCUT2D eigenvalue weighted by atomic mass is 9.93. The van der Waals surface area contributed by atoms with E-state index in [9.17, 15) is 9.50 Å². The molecule has 2 N–H and O–H groups in total. The molecule has 0 amide bonds. The van der Waals surface area contributed by atoms with E-state index in [4.69, 9.17) is 19.2 Å². The van der Waals surface area contributed by atoms with Crippen molar-refractivity contribution in [3.8, 4) is 23.0 Å². The molecule has 2 atom stereocenters. The van der Waals surface area contributed by atoms with E-state index in [0.717, 1.165) is 16.8 Å². The number of nitrogens with one attached hydrogen (secondary N) is 1. The molecule has 0 aromatic heterocycles. The Balaban J connectivity index is 1.55. The van der Waals surface area contributed by atoms with Gasteiger partial charge in [0.15, 0.2) is 11.5 Å². The van der Waals surface area contributed by atoms with Crippen molar-refractivity contribution in [2.75, 3.05) is 13.9 Å². The number of ether oxygens (including phenoxy) is 3. The Hall–Kier alpha value is -3.58. The molecule has 7 heteroatoms. The first-order valence-electron chi connectivity index (χ1n) is 9.96. The van der Waals surface area contributed by atoms with Gasteiger partial charge in [0, 0.05) is 29.8 Å². The lowest BCUT2D eigenvalue weighted by molar-refractivity contribution is 0.174. The number of hydrogen-bond donors (Lipinski definition) is 2. The minimum absolute atomic E-state index is 0.127. The zero-order valence-electron chi connectivity index (χ0n) is 16.8. The van der Waals surface area contributed by atoms with Gasteiger partial charge in [-0.15, -0.1) is 0 Å². The largest absolute Gasteiger partial charge is 0.507 e. The van der Waals surface area contributed by atoms with Crippen LogP contribution in [-0.4, -0.2) is 24.7 Å². The van der Waals surface area contributed by atoms with Crippen LogP contribution in [0.1, 0.15) is 35.3 Å². The molecule has 0 saturated heterocycles. The van der Waals surface area contributed by atoms with Crippen molar-refractivity contribution in [2.24, 2.45) is 4.99 Å². The van der Waals surface area contributed by atoms with Gasteiger partial charge in [-0.1, -0.05) is 18.2 Å². The summed E-state index contributed by atoms with van der Waals surface area (Å²) in [4.78, 5) is 4.86. The fourth-order valence-corrected chi connectivity index (χ4v) is 3.95. The van der Waals surface area contributed by atoms with Crippen LogP contribution in [0.15, 0.2) is 65.7 Å². The fourth-order valence-electron chi connectivity index (χ4n) is 3.95. The topological polar surface area (TPSA) is 72.3 Å². The maximum atomic E-state index is 13.9. The number of nitrogens with zero attached hydrogens (tertiary/aromatic N) is 1. The molecule has 0 spiro atoms. The Morgan fingerprint density at radius 1 is 1.06 bits per heavy atom. The third-order valence-corrected chi connectivity index (χ3v) is 5.52. The lowest BCUT2D eigenvalue weighted by Gasteiger charge is -2.31. The summed E-state index contributed by atoms with van der Waals surface area (Å²) in [6.07, 6.45) is 0.0575. The summed E-state index contributed by atoms with van der Waals surface area (Å²) in [7, 11) is 1.55. The van der Waals surface area contributed by atoms with Crippen molar-refractivity contribution in [1.82, 2.24) is 5.32 Å². The van der Waals surface area contributed by atoms with Gasteiger partial charge in [-0.3, -0.25) is 10.3 Å². The molecule has 0 fully saturated rings. The van der Waals surface area contributed by atoms with Gasteiger partial charge in [0.1, 0.15) is 23.5 Å². The van der Waals surface area contributed by atoms with E-state index in [0.29, 0.717) is 29.2 Å². The van der Waals surface area contributed by atoms with Crippen LogP contribution in [0.4, 0.5) is 4.39 Å². The number of phenols is 1. The van der Waals surface area contributed by atoms with Gasteiger partial charge in [-0.05, 0) is 47.5 Å². The molecule has 31 heavy (non-hydrogen) atoms. The van der Waals surface area contributed by atoms with E-state index in [1.165, 1.54) is 12.1 Å². The van der Waals surface area contributed by atoms with Crippen molar-refractivity contribution in [1.29, 1.82) is 0 Å². The zero-order valence-corrected chi connectivity index (χ0v) is 16.8. The van der Waals surface area contributed by atoms with Crippen LogP contribution in [-0.2, 0) is 0 Å². The number of halogens is 1. The Kier molecular flexibility index (Phi) is 4.95. The van der Waals surface area contributed by atoms with Crippen molar-refractivity contribution >= 4 is 5.71 Å². The molecule has 5 rings (SSSR count). The first-order chi connectivity index (χ1) is 15.1.